The highest BCUT2D eigenvalue weighted by atomic mass is 19.2. The van der Waals surface area contributed by atoms with Crippen molar-refractivity contribution in [2.24, 2.45) is 0 Å². The van der Waals surface area contributed by atoms with Crippen LogP contribution < -0.4 is 26.4 Å². The molecule has 0 unspecified atom stereocenters. The summed E-state index contributed by atoms with van der Waals surface area (Å²) in [6.45, 7) is 6.56. The number of aromatic nitrogens is 1. The van der Waals surface area contributed by atoms with Crippen LogP contribution in [0.3, 0.4) is 0 Å². The fourth-order valence-electron chi connectivity index (χ4n) is 7.12. The van der Waals surface area contributed by atoms with Crippen molar-refractivity contribution in [2.75, 3.05) is 0 Å². The molecule has 6 rings (SSSR count). The van der Waals surface area contributed by atoms with Gasteiger partial charge in [0, 0.05) is 31.5 Å². The van der Waals surface area contributed by atoms with E-state index < -0.39 is 144 Å². The molecular weight excluding hydrogens is 901 g/mol. The van der Waals surface area contributed by atoms with Crippen molar-refractivity contribution in [2.45, 2.75) is 27.3 Å². The minimum atomic E-state index is -7.22. The van der Waals surface area contributed by atoms with Gasteiger partial charge in [-0.25, -0.2) is 87.8 Å². The van der Waals surface area contributed by atoms with E-state index in [9.17, 15) is 57.5 Å². The smallest absolute Gasteiger partial charge is 0.227 e. The third kappa shape index (κ3) is 7.53. The van der Waals surface area contributed by atoms with Crippen LogP contribution in [0, 0.1) is 137 Å². The molecule has 0 amide bonds. The van der Waals surface area contributed by atoms with Gasteiger partial charge in [-0.1, -0.05) is 30.3 Å². The maximum absolute atomic E-state index is 15.4. The zero-order valence-electron chi connectivity index (χ0n) is 31.2. The van der Waals surface area contributed by atoms with Crippen LogP contribution >= 0.6 is 0 Å². The topological polar surface area (TPSA) is 20.9 Å². The number of halogens is 20. The maximum Gasteiger partial charge on any atom is 0.227 e. The number of rotatable bonds is 7. The molecule has 6 aromatic rings. The molecule has 0 saturated heterocycles. The Morgan fingerprint density at radius 2 is 0.603 bits per heavy atom. The molecule has 0 radical (unpaired) electrons. The van der Waals surface area contributed by atoms with Crippen molar-refractivity contribution < 1.29 is 97.2 Å². The second-order valence-corrected chi connectivity index (χ2v) is 13.5. The van der Waals surface area contributed by atoms with E-state index in [2.05, 4.69) is 23.6 Å². The van der Waals surface area contributed by atoms with E-state index in [1.54, 1.807) is 0 Å². The van der Waals surface area contributed by atoms with Gasteiger partial charge in [-0.3, -0.25) is 4.79 Å². The van der Waals surface area contributed by atoms with Crippen LogP contribution in [0.1, 0.15) is 27.3 Å². The molecule has 23 heteroatoms. The first-order valence-electron chi connectivity index (χ1n) is 17.1. The summed E-state index contributed by atoms with van der Waals surface area (Å²) in [6, 6.07) is 13.6. The molecule has 0 spiro atoms. The lowest BCUT2D eigenvalue weighted by Gasteiger charge is -2.44. The fourth-order valence-corrected chi connectivity index (χ4v) is 7.12. The average Bonchev–Trinajstić information content (AvgIpc) is 3.25. The van der Waals surface area contributed by atoms with E-state index in [0.717, 1.165) is 17.0 Å². The normalized spacial score (nSPS) is 11.5. The Morgan fingerprint density at radius 1 is 0.381 bits per heavy atom. The van der Waals surface area contributed by atoms with Crippen molar-refractivity contribution in [3.05, 3.63) is 181 Å². The molecule has 63 heavy (non-hydrogen) atoms. The zero-order valence-corrected chi connectivity index (χ0v) is 31.2. The number of pyridine rings is 1. The number of carbonyl (C=O) groups excluding carboxylic acids is 1. The molecule has 0 bridgehead atoms. The lowest BCUT2D eigenvalue weighted by Crippen LogP contribution is -2.81. The number of aryl methyl sites for hydroxylation is 3. The Morgan fingerprint density at radius 3 is 0.841 bits per heavy atom. The van der Waals surface area contributed by atoms with Crippen molar-refractivity contribution >= 4 is 33.8 Å². The number of hydrogen-bond donors (Lipinski definition) is 0. The predicted molar refractivity (Wildman–Crippen MR) is 181 cm³/mol. The Kier molecular flexibility index (Phi) is 13.1. The summed E-state index contributed by atoms with van der Waals surface area (Å²) in [5.41, 5.74) is -10.1. The first kappa shape index (κ1) is 47.6. The summed E-state index contributed by atoms with van der Waals surface area (Å²) in [6.07, 6.45) is -7.22. The van der Waals surface area contributed by atoms with Gasteiger partial charge in [0.2, 0.25) is 12.3 Å². The monoisotopic (exact) mass is 919 g/mol. The number of benzene rings is 5. The number of hydrogen-bond acceptors (Lipinski definition) is 1. The lowest BCUT2D eigenvalue weighted by molar-refractivity contribution is -0.695. The average molecular weight is 919 g/mol. The predicted octanol–water partition coefficient (Wildman–Crippen LogP) is 8.63. The minimum absolute atomic E-state index is 0.149. The molecule has 0 atom stereocenters. The van der Waals surface area contributed by atoms with Crippen molar-refractivity contribution in [3.63, 3.8) is 0 Å². The largest absolute Gasteiger partial charge is 0.287 e. The summed E-state index contributed by atoms with van der Waals surface area (Å²) < 4.78 is 296. The van der Waals surface area contributed by atoms with Crippen LogP contribution in [0.15, 0.2) is 42.5 Å². The SMILES string of the molecule is Cc1cc(C)[n+](CC(=O)c2ccccc2)c(C)c1.Fc1c(F)c(F)c([B-](c2c(F)c(F)c(F)c(F)c2F)(c2c(F)c(F)c(F)c(F)c2F)c2c(F)c(F)c(F)c(F)c2F)c(F)c1F. The van der Waals surface area contributed by atoms with Gasteiger partial charge in [0.25, 0.3) is 0 Å². The first-order valence-corrected chi connectivity index (χ1v) is 17.1. The molecule has 0 N–H and O–H groups in total. The number of Topliss-reactive ketones (excluding diaryl/α,β-unsaturated/α-hetero) is 1. The van der Waals surface area contributed by atoms with Crippen molar-refractivity contribution in [1.82, 2.24) is 0 Å². The molecule has 0 fully saturated rings. The van der Waals surface area contributed by atoms with Gasteiger partial charge in [0.15, 0.2) is 81.2 Å². The highest BCUT2D eigenvalue weighted by Crippen LogP contribution is 2.30. The van der Waals surface area contributed by atoms with Gasteiger partial charge >= 0.3 is 0 Å². The van der Waals surface area contributed by atoms with Crippen LogP contribution in [-0.2, 0) is 6.54 Å². The quantitative estimate of drug-likeness (QED) is 0.0393. The summed E-state index contributed by atoms with van der Waals surface area (Å²) >= 11 is 0. The van der Waals surface area contributed by atoms with E-state index in [1.165, 1.54) is 5.56 Å². The Bertz CT molecular complexity index is 2460. The summed E-state index contributed by atoms with van der Waals surface area (Å²) in [5, 5.41) is 0. The van der Waals surface area contributed by atoms with Gasteiger partial charge in [-0.05, 0) is 12.5 Å². The van der Waals surface area contributed by atoms with Crippen LogP contribution in [0.5, 0.6) is 0 Å². The highest BCUT2D eigenvalue weighted by molar-refractivity contribution is 7.20. The van der Waals surface area contributed by atoms with E-state index in [0.29, 0.717) is 6.54 Å². The van der Waals surface area contributed by atoms with Crippen molar-refractivity contribution in [3.8, 4) is 0 Å². The van der Waals surface area contributed by atoms with E-state index >= 15 is 35.1 Å². The lowest BCUT2D eigenvalue weighted by atomic mass is 9.12. The molecule has 0 aliphatic heterocycles. The molecule has 1 heterocycles. The standard InChI is InChI=1S/C24BF20.C16H18NO/c26-5-1(6(27)14(35)21(42)13(5)34)25(2-7(28)15(36)22(43)16(37)8(2)29,3-9(30)17(38)23(44)18(39)10(3)31)4-11(32)19(40)24(45)20(41)12(4)33;1-12-9-13(2)17(14(3)10-12)11-16(18)15-7-5-4-6-8-15/h;4-10H,11H2,1-3H3/q-1;+1. The Balaban J connectivity index is 0.000000345. The molecule has 2 nitrogen and oxygen atoms in total. The van der Waals surface area contributed by atoms with Gasteiger partial charge in [0.05, 0.1) is 0 Å². The molecular formula is C40H18BF20NO. The third-order valence-corrected chi connectivity index (χ3v) is 9.83. The van der Waals surface area contributed by atoms with Crippen LogP contribution in [-0.4, -0.2) is 11.9 Å². The number of carbonyl (C=O) groups is 1. The van der Waals surface area contributed by atoms with Crippen LogP contribution in [0.4, 0.5) is 87.8 Å². The van der Waals surface area contributed by atoms with Gasteiger partial charge in [0.1, 0.15) is 52.7 Å². The highest BCUT2D eigenvalue weighted by Gasteiger charge is 2.52. The van der Waals surface area contributed by atoms with Gasteiger partial charge in [-0.2, -0.15) is 4.57 Å². The molecule has 0 saturated carbocycles. The summed E-state index contributed by atoms with van der Waals surface area (Å²) in [7, 11) is 0. The molecule has 1 aromatic heterocycles. The molecule has 0 aliphatic rings. The molecule has 0 aliphatic carbocycles. The zero-order chi connectivity index (χ0) is 47.5. The van der Waals surface area contributed by atoms with Crippen molar-refractivity contribution in [1.29, 1.82) is 0 Å². The van der Waals surface area contributed by atoms with Gasteiger partial charge < -0.3 is 0 Å². The maximum atomic E-state index is 15.4. The summed E-state index contributed by atoms with van der Waals surface area (Å²) in [5.74, 6) is -71.3. The number of ketones is 1. The second-order valence-electron chi connectivity index (χ2n) is 13.5. The Hall–Kier alpha value is -6.42. The first-order chi connectivity index (χ1) is 29.3. The van der Waals surface area contributed by atoms with Crippen LogP contribution in [0.25, 0.3) is 0 Å². The Labute approximate surface area is 339 Å². The van der Waals surface area contributed by atoms with E-state index in [4.69, 9.17) is 0 Å². The van der Waals surface area contributed by atoms with E-state index in [1.807, 2.05) is 44.2 Å². The van der Waals surface area contributed by atoms with Crippen LogP contribution in [0.2, 0.25) is 0 Å². The molecule has 5 aromatic carbocycles. The van der Waals surface area contributed by atoms with E-state index in [-0.39, 0.29) is 5.78 Å². The second kappa shape index (κ2) is 17.4. The fraction of sp³-hybridized carbons (Fsp3) is 0.100. The van der Waals surface area contributed by atoms with Gasteiger partial charge in [-0.15, -0.1) is 21.9 Å². The minimum Gasteiger partial charge on any atom is -0.287 e. The third-order valence-electron chi connectivity index (χ3n) is 9.83. The number of nitrogens with zero attached hydrogens (tertiary/aromatic N) is 1. The summed E-state index contributed by atoms with van der Waals surface area (Å²) in [4.78, 5) is 12.2. The molecule has 332 valence electrons.